The predicted molar refractivity (Wildman–Crippen MR) is 55.3 cm³/mol. The molecule has 14 heavy (non-hydrogen) atoms. The molecule has 0 amide bonds. The van der Waals surface area contributed by atoms with Crippen LogP contribution in [-0.2, 0) is 9.47 Å². The van der Waals surface area contributed by atoms with Gasteiger partial charge in [-0.3, -0.25) is 0 Å². The molecule has 3 heteroatoms. The zero-order valence-electron chi connectivity index (χ0n) is 9.51. The van der Waals surface area contributed by atoms with Crippen LogP contribution in [0, 0.1) is 0 Å². The van der Waals surface area contributed by atoms with E-state index in [9.17, 15) is 5.11 Å². The molecule has 0 bridgehead atoms. The first-order chi connectivity index (χ1) is 6.47. The molecule has 1 rings (SSSR count). The molecule has 0 aromatic rings. The summed E-state index contributed by atoms with van der Waals surface area (Å²) in [6.07, 6.45) is 3.21. The van der Waals surface area contributed by atoms with Crippen molar-refractivity contribution in [1.29, 1.82) is 0 Å². The van der Waals surface area contributed by atoms with E-state index in [1.165, 1.54) is 0 Å². The van der Waals surface area contributed by atoms with Crippen LogP contribution in [0.5, 0.6) is 0 Å². The second kappa shape index (κ2) is 4.60. The summed E-state index contributed by atoms with van der Waals surface area (Å²) in [6.45, 7) is 5.47. The molecule has 0 saturated carbocycles. The number of rotatable bonds is 4. The Hall–Kier alpha value is -0.120. The van der Waals surface area contributed by atoms with Crippen molar-refractivity contribution in [3.63, 3.8) is 0 Å². The lowest BCUT2D eigenvalue weighted by molar-refractivity contribution is -0.0834. The van der Waals surface area contributed by atoms with E-state index in [2.05, 4.69) is 13.8 Å². The van der Waals surface area contributed by atoms with Crippen molar-refractivity contribution in [1.82, 2.24) is 0 Å². The number of aliphatic hydroxyl groups is 1. The number of hydrogen-bond donors (Lipinski definition) is 1. The molecule has 0 aromatic heterocycles. The van der Waals surface area contributed by atoms with Crippen molar-refractivity contribution in [3.05, 3.63) is 0 Å². The third kappa shape index (κ3) is 3.56. The Morgan fingerprint density at radius 3 is 2.43 bits per heavy atom. The van der Waals surface area contributed by atoms with Crippen molar-refractivity contribution in [2.45, 2.75) is 50.7 Å². The lowest BCUT2D eigenvalue weighted by atomic mass is 9.86. The Morgan fingerprint density at radius 2 is 1.93 bits per heavy atom. The molecule has 0 aromatic carbocycles. The molecule has 1 fully saturated rings. The van der Waals surface area contributed by atoms with Crippen molar-refractivity contribution in [2.75, 3.05) is 20.3 Å². The van der Waals surface area contributed by atoms with Gasteiger partial charge >= 0.3 is 0 Å². The van der Waals surface area contributed by atoms with Crippen LogP contribution in [-0.4, -0.2) is 36.6 Å². The summed E-state index contributed by atoms with van der Waals surface area (Å²) in [4.78, 5) is 0. The first-order valence-corrected chi connectivity index (χ1v) is 5.33. The van der Waals surface area contributed by atoms with Crippen LogP contribution >= 0.6 is 0 Å². The first kappa shape index (κ1) is 12.0. The van der Waals surface area contributed by atoms with Gasteiger partial charge in [0.25, 0.3) is 0 Å². The minimum Gasteiger partial charge on any atom is -0.390 e. The summed E-state index contributed by atoms with van der Waals surface area (Å²) in [5.41, 5.74) is -0.651. The Kier molecular flexibility index (Phi) is 3.93. The highest BCUT2D eigenvalue weighted by Crippen LogP contribution is 2.29. The molecule has 1 N–H and O–H groups in total. The smallest absolute Gasteiger partial charge is 0.0692 e. The van der Waals surface area contributed by atoms with Crippen LogP contribution in [0.4, 0.5) is 0 Å². The van der Waals surface area contributed by atoms with Gasteiger partial charge in [0, 0.05) is 20.3 Å². The van der Waals surface area contributed by atoms with Crippen LogP contribution in [0.15, 0.2) is 0 Å². The summed E-state index contributed by atoms with van der Waals surface area (Å²) < 4.78 is 10.6. The van der Waals surface area contributed by atoms with Crippen LogP contribution in [0.25, 0.3) is 0 Å². The van der Waals surface area contributed by atoms with Gasteiger partial charge in [-0.05, 0) is 39.5 Å². The van der Waals surface area contributed by atoms with Crippen LogP contribution < -0.4 is 0 Å². The molecule has 1 saturated heterocycles. The molecule has 3 nitrogen and oxygen atoms in total. The largest absolute Gasteiger partial charge is 0.390 e. The maximum Gasteiger partial charge on any atom is 0.0692 e. The average molecular weight is 202 g/mol. The van der Waals surface area contributed by atoms with Gasteiger partial charge in [0.1, 0.15) is 0 Å². The number of hydrogen-bond acceptors (Lipinski definition) is 3. The Labute approximate surface area is 86.4 Å². The van der Waals surface area contributed by atoms with Crippen LogP contribution in [0.1, 0.15) is 39.5 Å². The van der Waals surface area contributed by atoms with Crippen molar-refractivity contribution in [3.8, 4) is 0 Å². The van der Waals surface area contributed by atoms with Crippen molar-refractivity contribution < 1.29 is 14.6 Å². The van der Waals surface area contributed by atoms with E-state index in [4.69, 9.17) is 9.47 Å². The molecule has 84 valence electrons. The lowest BCUT2D eigenvalue weighted by Gasteiger charge is -2.34. The van der Waals surface area contributed by atoms with Gasteiger partial charge in [0.15, 0.2) is 0 Å². The zero-order valence-corrected chi connectivity index (χ0v) is 9.51. The Balaban J connectivity index is 2.35. The molecule has 0 spiro atoms. The molecule has 0 atom stereocenters. The summed E-state index contributed by atoms with van der Waals surface area (Å²) in [6, 6.07) is 0. The van der Waals surface area contributed by atoms with Crippen LogP contribution in [0.3, 0.4) is 0 Å². The summed E-state index contributed by atoms with van der Waals surface area (Å²) >= 11 is 0. The standard InChI is InChI=1S/C11H22O3/c1-10(2,13-3)4-5-11(12)6-8-14-9-7-11/h12H,4-9H2,1-3H3. The topological polar surface area (TPSA) is 38.7 Å². The van der Waals surface area contributed by atoms with E-state index in [1.807, 2.05) is 0 Å². The van der Waals surface area contributed by atoms with E-state index >= 15 is 0 Å². The first-order valence-electron chi connectivity index (χ1n) is 5.33. The minimum absolute atomic E-state index is 0.131. The molecule has 1 aliphatic rings. The van der Waals surface area contributed by atoms with E-state index in [-0.39, 0.29) is 5.60 Å². The highest BCUT2D eigenvalue weighted by Gasteiger charge is 2.31. The third-order valence-corrected chi connectivity index (χ3v) is 3.17. The van der Waals surface area contributed by atoms with E-state index in [0.717, 1.165) is 25.7 Å². The molecule has 0 radical (unpaired) electrons. The van der Waals surface area contributed by atoms with Crippen LogP contribution in [0.2, 0.25) is 0 Å². The fourth-order valence-electron chi connectivity index (χ4n) is 1.64. The molecule has 0 aliphatic carbocycles. The summed E-state index contributed by atoms with van der Waals surface area (Å²) in [5.74, 6) is 0. The molecule has 1 heterocycles. The fraction of sp³-hybridized carbons (Fsp3) is 1.00. The normalized spacial score (nSPS) is 22.3. The summed E-state index contributed by atoms with van der Waals surface area (Å²) in [7, 11) is 1.72. The summed E-state index contributed by atoms with van der Waals surface area (Å²) in [5, 5.41) is 10.2. The van der Waals surface area contributed by atoms with E-state index in [1.54, 1.807) is 7.11 Å². The van der Waals surface area contributed by atoms with E-state index in [0.29, 0.717) is 13.2 Å². The predicted octanol–water partition coefficient (Wildman–Crippen LogP) is 1.73. The van der Waals surface area contributed by atoms with Gasteiger partial charge in [-0.1, -0.05) is 0 Å². The molecule has 1 aliphatic heterocycles. The highest BCUT2D eigenvalue weighted by atomic mass is 16.5. The monoisotopic (exact) mass is 202 g/mol. The minimum atomic E-state index is -0.520. The lowest BCUT2D eigenvalue weighted by Crippen LogP contribution is -2.38. The van der Waals surface area contributed by atoms with Gasteiger partial charge in [0.2, 0.25) is 0 Å². The molecule has 0 unspecified atom stereocenters. The Morgan fingerprint density at radius 1 is 1.36 bits per heavy atom. The van der Waals surface area contributed by atoms with E-state index < -0.39 is 5.60 Å². The number of ether oxygens (including phenoxy) is 2. The van der Waals surface area contributed by atoms with Gasteiger partial charge in [-0.15, -0.1) is 0 Å². The van der Waals surface area contributed by atoms with Gasteiger partial charge in [-0.25, -0.2) is 0 Å². The average Bonchev–Trinajstić information content (AvgIpc) is 2.17. The zero-order chi connectivity index (χ0) is 10.7. The second-order valence-corrected chi connectivity index (χ2v) is 4.80. The maximum atomic E-state index is 10.2. The van der Waals surface area contributed by atoms with Crippen molar-refractivity contribution >= 4 is 0 Å². The highest BCUT2D eigenvalue weighted by molar-refractivity contribution is 4.84. The second-order valence-electron chi connectivity index (χ2n) is 4.80. The van der Waals surface area contributed by atoms with Gasteiger partial charge in [-0.2, -0.15) is 0 Å². The van der Waals surface area contributed by atoms with Gasteiger partial charge in [0.05, 0.1) is 11.2 Å². The van der Waals surface area contributed by atoms with Gasteiger partial charge < -0.3 is 14.6 Å². The SMILES string of the molecule is COC(C)(C)CCC1(O)CCOCC1. The molecular formula is C11H22O3. The van der Waals surface area contributed by atoms with Crippen molar-refractivity contribution in [2.24, 2.45) is 0 Å². The molecular weight excluding hydrogens is 180 g/mol. The number of methoxy groups -OCH3 is 1. The maximum absolute atomic E-state index is 10.2. The third-order valence-electron chi connectivity index (χ3n) is 3.17. The Bertz CT molecular complexity index is 171. The quantitative estimate of drug-likeness (QED) is 0.754. The fourth-order valence-corrected chi connectivity index (χ4v) is 1.64.